The van der Waals surface area contributed by atoms with Crippen molar-refractivity contribution in [3.63, 3.8) is 0 Å². The van der Waals surface area contributed by atoms with Crippen molar-refractivity contribution in [3.8, 4) is 0 Å². The van der Waals surface area contributed by atoms with E-state index in [1.807, 2.05) is 20.8 Å². The Morgan fingerprint density at radius 1 is 1.33 bits per heavy atom. The van der Waals surface area contributed by atoms with Crippen molar-refractivity contribution in [1.82, 2.24) is 5.32 Å². The molecule has 106 valence electrons. The molecule has 5 heteroatoms. The van der Waals surface area contributed by atoms with Gasteiger partial charge in [-0.2, -0.15) is 0 Å². The van der Waals surface area contributed by atoms with Crippen LogP contribution in [-0.4, -0.2) is 38.0 Å². The summed E-state index contributed by atoms with van der Waals surface area (Å²) >= 11 is 0. The Labute approximate surface area is 109 Å². The van der Waals surface area contributed by atoms with E-state index >= 15 is 0 Å². The number of nitrogens with one attached hydrogen (secondary N) is 1. The topological polar surface area (TPSA) is 73.6 Å². The van der Waals surface area contributed by atoms with Crippen molar-refractivity contribution in [2.45, 2.75) is 39.2 Å². The van der Waals surface area contributed by atoms with Crippen molar-refractivity contribution in [2.24, 2.45) is 17.6 Å². The van der Waals surface area contributed by atoms with E-state index in [0.717, 1.165) is 26.1 Å². The summed E-state index contributed by atoms with van der Waals surface area (Å²) in [6.07, 6.45) is 1.55. The summed E-state index contributed by atoms with van der Waals surface area (Å²) in [5.41, 5.74) is 5.32. The second kappa shape index (κ2) is 6.95. The van der Waals surface area contributed by atoms with E-state index < -0.39 is 5.60 Å². The first-order valence-electron chi connectivity index (χ1n) is 6.67. The van der Waals surface area contributed by atoms with Crippen LogP contribution in [0.1, 0.15) is 33.6 Å². The quantitative estimate of drug-likeness (QED) is 0.805. The van der Waals surface area contributed by atoms with Gasteiger partial charge in [-0.1, -0.05) is 0 Å². The maximum absolute atomic E-state index is 11.6. The molecule has 1 rings (SSSR count). The lowest BCUT2D eigenvalue weighted by Gasteiger charge is -2.25. The number of nitrogens with two attached hydrogens (primary N) is 1. The zero-order valence-electron chi connectivity index (χ0n) is 11.7. The molecule has 2 atom stereocenters. The van der Waals surface area contributed by atoms with Gasteiger partial charge in [0.05, 0.1) is 0 Å². The smallest absolute Gasteiger partial charge is 0.407 e. The number of carbonyl (C=O) groups is 1. The van der Waals surface area contributed by atoms with E-state index in [1.54, 1.807) is 0 Å². The number of amides is 1. The number of ether oxygens (including phenoxy) is 2. The van der Waals surface area contributed by atoms with Crippen molar-refractivity contribution >= 4 is 6.09 Å². The number of hydrogen-bond donors (Lipinski definition) is 2. The zero-order chi connectivity index (χ0) is 13.6. The number of rotatable bonds is 3. The van der Waals surface area contributed by atoms with Gasteiger partial charge >= 0.3 is 6.09 Å². The molecule has 0 bridgehead atoms. The average Bonchev–Trinajstić information content (AvgIpc) is 2.48. The van der Waals surface area contributed by atoms with Gasteiger partial charge in [0.2, 0.25) is 0 Å². The van der Waals surface area contributed by atoms with Crippen molar-refractivity contribution in [2.75, 3.05) is 26.3 Å². The van der Waals surface area contributed by atoms with Crippen LogP contribution in [0.2, 0.25) is 0 Å². The van der Waals surface area contributed by atoms with Crippen LogP contribution in [0.3, 0.4) is 0 Å². The fourth-order valence-corrected chi connectivity index (χ4v) is 2.15. The summed E-state index contributed by atoms with van der Waals surface area (Å²) in [4.78, 5) is 11.6. The maximum Gasteiger partial charge on any atom is 0.407 e. The first-order chi connectivity index (χ1) is 8.42. The standard InChI is InChI=1S/C13H26N2O3/c1-13(2,3)18-12(16)15-9-11-5-7-17-6-4-10(11)8-14/h10-11H,4-9,14H2,1-3H3,(H,15,16)/t10-,11-/m0/s1. The number of alkyl carbamates (subject to hydrolysis) is 1. The molecule has 0 aliphatic carbocycles. The molecule has 1 amide bonds. The third kappa shape index (κ3) is 5.69. The Bertz CT molecular complexity index is 263. The molecule has 0 aromatic rings. The summed E-state index contributed by atoms with van der Waals surface area (Å²) in [6.45, 7) is 8.34. The summed E-state index contributed by atoms with van der Waals surface area (Å²) in [5.74, 6) is 0.799. The van der Waals surface area contributed by atoms with Crippen LogP contribution in [0.25, 0.3) is 0 Å². The lowest BCUT2D eigenvalue weighted by Crippen LogP contribution is -2.38. The van der Waals surface area contributed by atoms with E-state index in [2.05, 4.69) is 5.32 Å². The lowest BCUT2D eigenvalue weighted by molar-refractivity contribution is 0.0511. The van der Waals surface area contributed by atoms with Gasteiger partial charge in [-0.3, -0.25) is 0 Å². The van der Waals surface area contributed by atoms with E-state index in [4.69, 9.17) is 15.2 Å². The molecule has 1 aliphatic heterocycles. The van der Waals surface area contributed by atoms with Gasteiger partial charge in [0.15, 0.2) is 0 Å². The predicted octanol–water partition coefficient (Wildman–Crippen LogP) is 1.51. The van der Waals surface area contributed by atoms with Crippen LogP contribution in [0.4, 0.5) is 4.79 Å². The number of hydrogen-bond acceptors (Lipinski definition) is 4. The highest BCUT2D eigenvalue weighted by Crippen LogP contribution is 2.21. The Balaban J connectivity index is 2.37. The van der Waals surface area contributed by atoms with Crippen LogP contribution in [0.15, 0.2) is 0 Å². The average molecular weight is 258 g/mol. The molecule has 18 heavy (non-hydrogen) atoms. The van der Waals surface area contributed by atoms with Gasteiger partial charge in [0.25, 0.3) is 0 Å². The van der Waals surface area contributed by atoms with Crippen molar-refractivity contribution < 1.29 is 14.3 Å². The summed E-state index contributed by atoms with van der Waals surface area (Å²) in [5, 5.41) is 2.83. The largest absolute Gasteiger partial charge is 0.444 e. The fraction of sp³-hybridized carbons (Fsp3) is 0.923. The van der Waals surface area contributed by atoms with Crippen LogP contribution >= 0.6 is 0 Å². The molecule has 3 N–H and O–H groups in total. The molecule has 0 radical (unpaired) electrons. The van der Waals surface area contributed by atoms with Crippen molar-refractivity contribution in [1.29, 1.82) is 0 Å². The lowest BCUT2D eigenvalue weighted by atomic mass is 9.88. The van der Waals surface area contributed by atoms with Gasteiger partial charge in [-0.15, -0.1) is 0 Å². The molecular formula is C13H26N2O3. The summed E-state index contributed by atoms with van der Waals surface area (Å²) < 4.78 is 10.7. The second-order valence-electron chi connectivity index (χ2n) is 5.83. The minimum atomic E-state index is -0.454. The Hall–Kier alpha value is -0.810. The van der Waals surface area contributed by atoms with Crippen LogP contribution in [0.5, 0.6) is 0 Å². The predicted molar refractivity (Wildman–Crippen MR) is 70.3 cm³/mol. The van der Waals surface area contributed by atoms with Gasteiger partial charge in [-0.25, -0.2) is 4.79 Å². The minimum Gasteiger partial charge on any atom is -0.444 e. The number of carbonyl (C=O) groups excluding carboxylic acids is 1. The van der Waals surface area contributed by atoms with Gasteiger partial charge in [-0.05, 0) is 52.0 Å². The summed E-state index contributed by atoms with van der Waals surface area (Å²) in [6, 6.07) is 0. The Morgan fingerprint density at radius 3 is 2.50 bits per heavy atom. The minimum absolute atomic E-state index is 0.358. The molecule has 0 spiro atoms. The molecular weight excluding hydrogens is 232 g/mol. The maximum atomic E-state index is 11.6. The zero-order valence-corrected chi connectivity index (χ0v) is 11.7. The first-order valence-corrected chi connectivity index (χ1v) is 6.67. The first kappa shape index (κ1) is 15.2. The third-order valence-corrected chi connectivity index (χ3v) is 3.14. The molecule has 0 aromatic heterocycles. The van der Waals surface area contributed by atoms with Crippen LogP contribution in [0, 0.1) is 11.8 Å². The molecule has 0 aromatic carbocycles. The Kier molecular flexibility index (Phi) is 5.88. The monoisotopic (exact) mass is 258 g/mol. The fourth-order valence-electron chi connectivity index (χ4n) is 2.15. The van der Waals surface area contributed by atoms with E-state index in [0.29, 0.717) is 24.9 Å². The highest BCUT2D eigenvalue weighted by atomic mass is 16.6. The van der Waals surface area contributed by atoms with Gasteiger partial charge in [0.1, 0.15) is 5.60 Å². The van der Waals surface area contributed by atoms with Crippen LogP contribution in [-0.2, 0) is 9.47 Å². The highest BCUT2D eigenvalue weighted by Gasteiger charge is 2.24. The molecule has 1 heterocycles. The summed E-state index contributed by atoms with van der Waals surface area (Å²) in [7, 11) is 0. The SMILES string of the molecule is CC(C)(C)OC(=O)NC[C@@H]1CCOCC[C@H]1CN. The molecule has 0 unspecified atom stereocenters. The normalized spacial score (nSPS) is 25.3. The van der Waals surface area contributed by atoms with Gasteiger partial charge < -0.3 is 20.5 Å². The second-order valence-corrected chi connectivity index (χ2v) is 5.83. The molecule has 5 nitrogen and oxygen atoms in total. The van der Waals surface area contributed by atoms with E-state index in [9.17, 15) is 4.79 Å². The van der Waals surface area contributed by atoms with E-state index in [-0.39, 0.29) is 6.09 Å². The molecule has 1 saturated heterocycles. The van der Waals surface area contributed by atoms with E-state index in [1.165, 1.54) is 0 Å². The Morgan fingerprint density at radius 2 is 1.94 bits per heavy atom. The molecule has 0 saturated carbocycles. The van der Waals surface area contributed by atoms with Crippen LogP contribution < -0.4 is 11.1 Å². The third-order valence-electron chi connectivity index (χ3n) is 3.14. The van der Waals surface area contributed by atoms with Gasteiger partial charge in [0, 0.05) is 19.8 Å². The van der Waals surface area contributed by atoms with Crippen molar-refractivity contribution in [3.05, 3.63) is 0 Å². The molecule has 1 aliphatic rings. The molecule has 1 fully saturated rings. The highest BCUT2D eigenvalue weighted by molar-refractivity contribution is 5.67.